The third kappa shape index (κ3) is 2.41. The number of allylic oxidation sites excluding steroid dienone is 3. The van der Waals surface area contributed by atoms with Gasteiger partial charge in [0.05, 0.1) is 12.7 Å². The van der Waals surface area contributed by atoms with E-state index in [1.165, 1.54) is 12.0 Å². The average molecular weight is 289 g/mol. The van der Waals surface area contributed by atoms with Crippen LogP contribution in [0.25, 0.3) is 0 Å². The average Bonchev–Trinajstić information content (AvgIpc) is 2.64. The highest BCUT2D eigenvalue weighted by molar-refractivity contribution is 8.03. The van der Waals surface area contributed by atoms with Gasteiger partial charge in [0.2, 0.25) is 0 Å². The van der Waals surface area contributed by atoms with Crippen molar-refractivity contribution in [3.8, 4) is 0 Å². The molecule has 0 amide bonds. The Labute approximate surface area is 121 Å². The van der Waals surface area contributed by atoms with Gasteiger partial charge in [-0.2, -0.15) is 0 Å². The normalized spacial score (nSPS) is 17.4. The van der Waals surface area contributed by atoms with E-state index in [1.807, 2.05) is 18.2 Å². The van der Waals surface area contributed by atoms with E-state index in [1.54, 1.807) is 17.8 Å². The van der Waals surface area contributed by atoms with E-state index in [0.29, 0.717) is 12.2 Å². The number of hydrogen-bond acceptors (Lipinski definition) is 5. The molecule has 0 atom stereocenters. The lowest BCUT2D eigenvalue weighted by atomic mass is 10.1. The first kappa shape index (κ1) is 13.1. The summed E-state index contributed by atoms with van der Waals surface area (Å²) in [5.41, 5.74) is 8.25. The van der Waals surface area contributed by atoms with E-state index in [-0.39, 0.29) is 5.97 Å². The van der Waals surface area contributed by atoms with Crippen molar-refractivity contribution < 1.29 is 14.3 Å². The highest BCUT2D eigenvalue weighted by atomic mass is 32.2. The topological polar surface area (TPSA) is 61.5 Å². The van der Waals surface area contributed by atoms with Crippen molar-refractivity contribution >= 4 is 17.7 Å². The number of fused-ring (bicyclic) bond motifs is 1. The van der Waals surface area contributed by atoms with Crippen LogP contribution in [0.15, 0.2) is 45.5 Å². The van der Waals surface area contributed by atoms with Crippen molar-refractivity contribution in [2.24, 2.45) is 5.73 Å². The standard InChI is InChI=1S/C15H15NO3S/c1-18-15(17)9-2-4-13-10(6-9)8-19-12-7-11(16)3-5-14(12)20-13/h2,4,6-7H,3,5,8,16H2,1H3. The van der Waals surface area contributed by atoms with Crippen LogP contribution in [0.3, 0.4) is 0 Å². The number of ether oxygens (including phenoxy) is 2. The predicted molar refractivity (Wildman–Crippen MR) is 77.0 cm³/mol. The molecule has 0 radical (unpaired) electrons. The Balaban J connectivity index is 1.93. The Morgan fingerprint density at radius 3 is 3.05 bits per heavy atom. The van der Waals surface area contributed by atoms with Crippen LogP contribution in [-0.4, -0.2) is 13.1 Å². The number of benzene rings is 1. The van der Waals surface area contributed by atoms with Gasteiger partial charge in [0, 0.05) is 21.1 Å². The number of methoxy groups -OCH3 is 1. The molecular formula is C15H15NO3S. The summed E-state index contributed by atoms with van der Waals surface area (Å²) in [5, 5.41) is 0. The molecule has 104 valence electrons. The Bertz CT molecular complexity index is 634. The molecule has 4 nitrogen and oxygen atoms in total. The number of esters is 1. The van der Waals surface area contributed by atoms with Gasteiger partial charge < -0.3 is 15.2 Å². The molecule has 1 aliphatic carbocycles. The van der Waals surface area contributed by atoms with Crippen LogP contribution in [0.5, 0.6) is 0 Å². The second kappa shape index (κ2) is 5.25. The van der Waals surface area contributed by atoms with Crippen molar-refractivity contribution in [1.29, 1.82) is 0 Å². The number of carbonyl (C=O) groups excluding carboxylic acids is 1. The number of carbonyl (C=O) groups is 1. The molecule has 2 N–H and O–H groups in total. The lowest BCUT2D eigenvalue weighted by Crippen LogP contribution is -2.05. The second-order valence-electron chi connectivity index (χ2n) is 4.71. The van der Waals surface area contributed by atoms with Gasteiger partial charge in [-0.05, 0) is 37.1 Å². The lowest BCUT2D eigenvalue weighted by molar-refractivity contribution is 0.0600. The van der Waals surface area contributed by atoms with Crippen LogP contribution in [0.1, 0.15) is 28.8 Å². The third-order valence-electron chi connectivity index (χ3n) is 3.33. The zero-order valence-corrected chi connectivity index (χ0v) is 12.0. The van der Waals surface area contributed by atoms with Crippen LogP contribution in [0, 0.1) is 0 Å². The molecule has 1 aliphatic heterocycles. The quantitative estimate of drug-likeness (QED) is 0.805. The SMILES string of the molecule is COC(=O)c1ccc2c(c1)COC1=C(CCC(N)=C1)S2. The van der Waals surface area contributed by atoms with E-state index in [2.05, 4.69) is 0 Å². The first-order valence-corrected chi connectivity index (χ1v) is 7.20. The van der Waals surface area contributed by atoms with Crippen LogP contribution < -0.4 is 5.73 Å². The summed E-state index contributed by atoms with van der Waals surface area (Å²) in [6, 6.07) is 5.57. The molecule has 1 aromatic rings. The molecule has 0 saturated heterocycles. The molecule has 1 aromatic carbocycles. The number of rotatable bonds is 1. The highest BCUT2D eigenvalue weighted by Gasteiger charge is 2.21. The zero-order chi connectivity index (χ0) is 14.1. The highest BCUT2D eigenvalue weighted by Crippen LogP contribution is 2.41. The maximum Gasteiger partial charge on any atom is 0.337 e. The molecule has 3 rings (SSSR count). The Hall–Kier alpha value is -1.88. The fraction of sp³-hybridized carbons (Fsp3) is 0.267. The van der Waals surface area contributed by atoms with Gasteiger partial charge in [0.1, 0.15) is 12.4 Å². The maximum atomic E-state index is 11.6. The molecule has 0 unspecified atom stereocenters. The molecule has 0 bridgehead atoms. The van der Waals surface area contributed by atoms with Gasteiger partial charge in [-0.1, -0.05) is 11.8 Å². The summed E-state index contributed by atoms with van der Waals surface area (Å²) in [7, 11) is 1.38. The van der Waals surface area contributed by atoms with E-state index in [0.717, 1.165) is 34.8 Å². The Morgan fingerprint density at radius 2 is 2.25 bits per heavy atom. The van der Waals surface area contributed by atoms with Crippen molar-refractivity contribution in [3.05, 3.63) is 51.8 Å². The summed E-state index contributed by atoms with van der Waals surface area (Å²) in [4.78, 5) is 13.9. The van der Waals surface area contributed by atoms with E-state index >= 15 is 0 Å². The first-order valence-electron chi connectivity index (χ1n) is 6.38. The number of hydrogen-bond donors (Lipinski definition) is 1. The molecule has 0 fully saturated rings. The second-order valence-corrected chi connectivity index (χ2v) is 5.85. The lowest BCUT2D eigenvalue weighted by Gasteiger charge is -2.15. The van der Waals surface area contributed by atoms with E-state index < -0.39 is 0 Å². The van der Waals surface area contributed by atoms with Crippen LogP contribution in [0.2, 0.25) is 0 Å². The van der Waals surface area contributed by atoms with Gasteiger partial charge in [-0.25, -0.2) is 4.79 Å². The zero-order valence-electron chi connectivity index (χ0n) is 11.1. The molecule has 0 spiro atoms. The van der Waals surface area contributed by atoms with Crippen molar-refractivity contribution in [2.75, 3.05) is 7.11 Å². The largest absolute Gasteiger partial charge is 0.488 e. The van der Waals surface area contributed by atoms with Crippen LogP contribution in [-0.2, 0) is 16.1 Å². The summed E-state index contributed by atoms with van der Waals surface area (Å²) in [6.45, 7) is 0.440. The van der Waals surface area contributed by atoms with Gasteiger partial charge in [-0.3, -0.25) is 0 Å². The molecule has 0 saturated carbocycles. The molecular weight excluding hydrogens is 274 g/mol. The summed E-state index contributed by atoms with van der Waals surface area (Å²) >= 11 is 1.69. The molecule has 2 aliphatic rings. The minimum Gasteiger partial charge on any atom is -0.488 e. The van der Waals surface area contributed by atoms with Crippen molar-refractivity contribution in [3.63, 3.8) is 0 Å². The Morgan fingerprint density at radius 1 is 1.40 bits per heavy atom. The molecule has 0 aromatic heterocycles. The minimum atomic E-state index is -0.330. The molecule has 5 heteroatoms. The van der Waals surface area contributed by atoms with Gasteiger partial charge >= 0.3 is 5.97 Å². The fourth-order valence-corrected chi connectivity index (χ4v) is 3.32. The van der Waals surface area contributed by atoms with E-state index in [4.69, 9.17) is 15.2 Å². The maximum absolute atomic E-state index is 11.6. The first-order chi connectivity index (χ1) is 9.67. The summed E-state index contributed by atoms with van der Waals surface area (Å²) in [5.74, 6) is 0.526. The minimum absolute atomic E-state index is 0.330. The van der Waals surface area contributed by atoms with Gasteiger partial charge in [0.15, 0.2) is 0 Å². The molecule has 20 heavy (non-hydrogen) atoms. The van der Waals surface area contributed by atoms with E-state index in [9.17, 15) is 4.79 Å². The third-order valence-corrected chi connectivity index (χ3v) is 4.60. The fourth-order valence-electron chi connectivity index (χ4n) is 2.25. The van der Waals surface area contributed by atoms with Crippen molar-refractivity contribution in [2.45, 2.75) is 24.3 Å². The number of thioether (sulfide) groups is 1. The predicted octanol–water partition coefficient (Wildman–Crippen LogP) is 2.94. The monoisotopic (exact) mass is 289 g/mol. The van der Waals surface area contributed by atoms with Crippen LogP contribution >= 0.6 is 11.8 Å². The molecule has 1 heterocycles. The Kier molecular flexibility index (Phi) is 3.44. The van der Waals surface area contributed by atoms with Crippen molar-refractivity contribution in [1.82, 2.24) is 0 Å². The smallest absolute Gasteiger partial charge is 0.337 e. The number of nitrogens with two attached hydrogens (primary N) is 1. The van der Waals surface area contributed by atoms with Gasteiger partial charge in [0.25, 0.3) is 0 Å². The van der Waals surface area contributed by atoms with Gasteiger partial charge in [-0.15, -0.1) is 0 Å². The summed E-state index contributed by atoms with van der Waals surface area (Å²) in [6.07, 6.45) is 3.67. The van der Waals surface area contributed by atoms with Crippen LogP contribution in [0.4, 0.5) is 0 Å². The summed E-state index contributed by atoms with van der Waals surface area (Å²) < 4.78 is 10.6.